The van der Waals surface area contributed by atoms with Gasteiger partial charge in [-0.3, -0.25) is 0 Å². The zero-order valence-corrected chi connectivity index (χ0v) is 21.7. The highest BCUT2D eigenvalue weighted by Gasteiger charge is 2.27. The fourth-order valence-electron chi connectivity index (χ4n) is 5.54. The molecule has 3 heterocycles. The van der Waals surface area contributed by atoms with E-state index in [4.69, 9.17) is 15.2 Å². The first kappa shape index (κ1) is 23.4. The average molecular weight is 497 g/mol. The number of nitrogens with one attached hydrogen (secondary N) is 1. The molecule has 6 rings (SSSR count). The fourth-order valence-corrected chi connectivity index (χ4v) is 5.54. The zero-order valence-electron chi connectivity index (χ0n) is 21.7. The van der Waals surface area contributed by atoms with Gasteiger partial charge in [0.05, 0.1) is 11.4 Å². The van der Waals surface area contributed by atoms with Crippen LogP contribution in [0.2, 0.25) is 0 Å². The van der Waals surface area contributed by atoms with Gasteiger partial charge in [-0.15, -0.1) is 0 Å². The monoisotopic (exact) mass is 496 g/mol. The van der Waals surface area contributed by atoms with Crippen molar-refractivity contribution < 1.29 is 4.42 Å². The van der Waals surface area contributed by atoms with Gasteiger partial charge in [0, 0.05) is 17.3 Å². The minimum absolute atomic E-state index is 0.300. The van der Waals surface area contributed by atoms with E-state index in [2.05, 4.69) is 56.9 Å². The summed E-state index contributed by atoms with van der Waals surface area (Å²) >= 11 is 0. The lowest BCUT2D eigenvalue weighted by Crippen LogP contribution is -2.33. The molecule has 0 spiro atoms. The Morgan fingerprint density at radius 1 is 1.03 bits per heavy atom. The van der Waals surface area contributed by atoms with Crippen LogP contribution in [0, 0.1) is 13.8 Å². The molecule has 9 heteroatoms. The summed E-state index contributed by atoms with van der Waals surface area (Å²) in [6, 6.07) is 13.6. The second kappa shape index (κ2) is 9.15. The maximum atomic E-state index is 6.35. The summed E-state index contributed by atoms with van der Waals surface area (Å²) in [6.45, 7) is 4.09. The molecule has 5 aromatic rings. The van der Waals surface area contributed by atoms with Gasteiger partial charge in [0.15, 0.2) is 11.2 Å². The van der Waals surface area contributed by atoms with Crippen LogP contribution in [0.5, 0.6) is 0 Å². The molecule has 0 saturated heterocycles. The summed E-state index contributed by atoms with van der Waals surface area (Å²) < 4.78 is 8.04. The third-order valence-corrected chi connectivity index (χ3v) is 7.49. The standard InChI is InChI=1S/C28H32N8O/c1-16-13-17(2)25-22(14-16)33-28(37-25)32-19-7-5-18(6-8-19)24-23-26(29)30-15-31-27(23)36(34-24)21-11-9-20(10-12-21)35(3)4/h5-8,13-15,20-21H,9-12H2,1-4H3,(H,32,33)(H2,29,30,31)/t20-,21-. The van der Waals surface area contributed by atoms with Crippen LogP contribution in [0.15, 0.2) is 47.1 Å². The minimum atomic E-state index is 0.300. The number of aryl methyl sites for hydroxylation is 2. The fraction of sp³-hybridized carbons (Fsp3) is 0.357. The van der Waals surface area contributed by atoms with E-state index in [-0.39, 0.29) is 0 Å². The Bertz CT molecular complexity index is 1580. The van der Waals surface area contributed by atoms with Crippen LogP contribution in [-0.2, 0) is 0 Å². The van der Waals surface area contributed by atoms with Gasteiger partial charge in [0.1, 0.15) is 23.4 Å². The van der Waals surface area contributed by atoms with Crippen molar-refractivity contribution in [3.05, 3.63) is 53.9 Å². The number of nitrogens with zero attached hydrogens (tertiary/aromatic N) is 6. The van der Waals surface area contributed by atoms with Crippen LogP contribution in [0.25, 0.3) is 33.4 Å². The number of benzene rings is 2. The van der Waals surface area contributed by atoms with Crippen LogP contribution in [-0.4, -0.2) is 49.8 Å². The number of hydrogen-bond donors (Lipinski definition) is 2. The molecule has 3 aromatic heterocycles. The minimum Gasteiger partial charge on any atom is -0.423 e. The number of hydrogen-bond acceptors (Lipinski definition) is 8. The van der Waals surface area contributed by atoms with Gasteiger partial charge in [0.25, 0.3) is 6.01 Å². The van der Waals surface area contributed by atoms with Gasteiger partial charge in [-0.25, -0.2) is 14.6 Å². The Kier molecular flexibility index (Phi) is 5.79. The normalized spacial score (nSPS) is 18.2. The van der Waals surface area contributed by atoms with Crippen LogP contribution >= 0.6 is 0 Å². The second-order valence-electron chi connectivity index (χ2n) is 10.3. The second-order valence-corrected chi connectivity index (χ2v) is 10.3. The van der Waals surface area contributed by atoms with Crippen molar-refractivity contribution in [1.29, 1.82) is 0 Å². The van der Waals surface area contributed by atoms with E-state index in [0.29, 0.717) is 23.9 Å². The smallest absolute Gasteiger partial charge is 0.300 e. The number of nitrogen functional groups attached to an aromatic ring is 1. The van der Waals surface area contributed by atoms with E-state index in [1.807, 2.05) is 37.3 Å². The predicted octanol–water partition coefficient (Wildman–Crippen LogP) is 5.62. The van der Waals surface area contributed by atoms with Gasteiger partial charge in [0.2, 0.25) is 0 Å². The van der Waals surface area contributed by atoms with E-state index < -0.39 is 0 Å². The molecule has 37 heavy (non-hydrogen) atoms. The molecule has 3 N–H and O–H groups in total. The summed E-state index contributed by atoms with van der Waals surface area (Å²) in [4.78, 5) is 15.8. The molecule has 190 valence electrons. The third-order valence-electron chi connectivity index (χ3n) is 7.49. The number of fused-ring (bicyclic) bond motifs is 2. The summed E-state index contributed by atoms with van der Waals surface area (Å²) in [5.74, 6) is 0.451. The highest BCUT2D eigenvalue weighted by molar-refractivity contribution is 5.98. The summed E-state index contributed by atoms with van der Waals surface area (Å²) in [5, 5.41) is 9.13. The summed E-state index contributed by atoms with van der Waals surface area (Å²) in [5.41, 5.74) is 13.7. The van der Waals surface area contributed by atoms with Gasteiger partial charge in [-0.2, -0.15) is 10.1 Å². The van der Waals surface area contributed by atoms with E-state index >= 15 is 0 Å². The number of rotatable bonds is 5. The maximum absolute atomic E-state index is 6.35. The highest BCUT2D eigenvalue weighted by Crippen LogP contribution is 2.37. The SMILES string of the molecule is Cc1cc(C)c2oc(Nc3ccc(-c4nn([C@H]5CC[C@H](N(C)C)CC5)c5ncnc(N)c45)cc3)nc2c1. The summed E-state index contributed by atoms with van der Waals surface area (Å²) in [7, 11) is 4.32. The molecule has 0 bridgehead atoms. The van der Waals surface area contributed by atoms with Gasteiger partial charge in [-0.05, 0) is 83.0 Å². The zero-order chi connectivity index (χ0) is 25.7. The number of oxazole rings is 1. The van der Waals surface area contributed by atoms with Crippen LogP contribution in [0.3, 0.4) is 0 Å². The average Bonchev–Trinajstić information content (AvgIpc) is 3.47. The quantitative estimate of drug-likeness (QED) is 0.322. The van der Waals surface area contributed by atoms with Crippen molar-refractivity contribution in [2.24, 2.45) is 0 Å². The Morgan fingerprint density at radius 2 is 1.78 bits per heavy atom. The Labute approximate surface area is 215 Å². The van der Waals surface area contributed by atoms with E-state index in [9.17, 15) is 0 Å². The lowest BCUT2D eigenvalue weighted by atomic mass is 9.90. The first-order chi connectivity index (χ1) is 17.9. The number of nitrogens with two attached hydrogens (primary N) is 1. The van der Waals surface area contributed by atoms with Crippen LogP contribution < -0.4 is 11.1 Å². The number of anilines is 3. The lowest BCUT2D eigenvalue weighted by molar-refractivity contribution is 0.191. The van der Waals surface area contributed by atoms with Gasteiger partial charge < -0.3 is 20.4 Å². The largest absolute Gasteiger partial charge is 0.423 e. The first-order valence-corrected chi connectivity index (χ1v) is 12.8. The molecule has 1 fully saturated rings. The molecular formula is C28H32N8O. The molecule has 1 saturated carbocycles. The van der Waals surface area contributed by atoms with Crippen molar-refractivity contribution in [3.8, 4) is 11.3 Å². The summed E-state index contributed by atoms with van der Waals surface area (Å²) in [6.07, 6.45) is 5.95. The Morgan fingerprint density at radius 3 is 2.51 bits per heavy atom. The molecule has 9 nitrogen and oxygen atoms in total. The highest BCUT2D eigenvalue weighted by atomic mass is 16.4. The maximum Gasteiger partial charge on any atom is 0.300 e. The van der Waals surface area contributed by atoms with Crippen molar-refractivity contribution in [3.63, 3.8) is 0 Å². The molecule has 0 atom stereocenters. The van der Waals surface area contributed by atoms with Crippen molar-refractivity contribution in [2.45, 2.75) is 51.6 Å². The Balaban J connectivity index is 1.30. The first-order valence-electron chi connectivity index (χ1n) is 12.8. The van der Waals surface area contributed by atoms with Crippen molar-refractivity contribution in [1.82, 2.24) is 29.6 Å². The lowest BCUT2D eigenvalue weighted by Gasteiger charge is -2.32. The molecule has 0 aliphatic heterocycles. The van der Waals surface area contributed by atoms with E-state index in [0.717, 1.165) is 75.9 Å². The molecular weight excluding hydrogens is 464 g/mol. The van der Waals surface area contributed by atoms with E-state index in [1.165, 1.54) is 6.33 Å². The molecule has 0 radical (unpaired) electrons. The molecule has 1 aliphatic carbocycles. The van der Waals surface area contributed by atoms with E-state index in [1.54, 1.807) is 0 Å². The Hall–Kier alpha value is -3.98. The topological polar surface area (TPSA) is 111 Å². The van der Waals surface area contributed by atoms with Crippen molar-refractivity contribution >= 4 is 39.7 Å². The third kappa shape index (κ3) is 4.29. The van der Waals surface area contributed by atoms with Crippen LogP contribution in [0.4, 0.5) is 17.5 Å². The molecule has 0 amide bonds. The van der Waals surface area contributed by atoms with Gasteiger partial charge in [-0.1, -0.05) is 18.2 Å². The molecule has 0 unspecified atom stereocenters. The van der Waals surface area contributed by atoms with Crippen molar-refractivity contribution in [2.75, 3.05) is 25.1 Å². The molecule has 2 aromatic carbocycles. The number of aromatic nitrogens is 5. The van der Waals surface area contributed by atoms with Crippen LogP contribution in [0.1, 0.15) is 42.9 Å². The van der Waals surface area contributed by atoms with Gasteiger partial charge >= 0.3 is 0 Å². The molecule has 1 aliphatic rings. The predicted molar refractivity (Wildman–Crippen MR) is 147 cm³/mol.